The van der Waals surface area contributed by atoms with Crippen molar-refractivity contribution in [3.8, 4) is 0 Å². The first-order valence-corrected chi connectivity index (χ1v) is 11.9. The molecule has 0 aliphatic carbocycles. The van der Waals surface area contributed by atoms with E-state index in [-0.39, 0.29) is 31.3 Å². The molecule has 0 spiro atoms. The molecular formula is C26H31F3N4O2. The van der Waals surface area contributed by atoms with Crippen LogP contribution in [-0.4, -0.2) is 66.3 Å². The largest absolute Gasteiger partial charge is 0.416 e. The number of hydrogen-bond donors (Lipinski definition) is 1. The van der Waals surface area contributed by atoms with E-state index in [0.29, 0.717) is 12.1 Å². The summed E-state index contributed by atoms with van der Waals surface area (Å²) in [6.45, 7) is 5.79. The van der Waals surface area contributed by atoms with Crippen molar-refractivity contribution in [1.29, 1.82) is 0 Å². The highest BCUT2D eigenvalue weighted by atomic mass is 19.4. The zero-order chi connectivity index (χ0) is 25.0. The number of carbonyl (C=O) groups excluding carboxylic acids is 2. The highest BCUT2D eigenvalue weighted by Gasteiger charge is 2.35. The van der Waals surface area contributed by atoms with E-state index in [1.54, 1.807) is 6.07 Å². The zero-order valence-corrected chi connectivity index (χ0v) is 19.9. The van der Waals surface area contributed by atoms with Crippen molar-refractivity contribution in [3.05, 3.63) is 70.8 Å². The second kappa shape index (κ2) is 10.8. The average Bonchev–Trinajstić information content (AvgIpc) is 3.19. The molecule has 2 aliphatic heterocycles. The minimum Gasteiger partial charge on any atom is -0.352 e. The van der Waals surface area contributed by atoms with E-state index in [1.165, 1.54) is 16.5 Å². The predicted molar refractivity (Wildman–Crippen MR) is 126 cm³/mol. The van der Waals surface area contributed by atoms with Crippen molar-refractivity contribution >= 4 is 11.8 Å². The molecule has 0 radical (unpaired) electrons. The number of hydrogen-bond acceptors (Lipinski definition) is 4. The minimum atomic E-state index is -4.43. The zero-order valence-electron chi connectivity index (χ0n) is 19.9. The van der Waals surface area contributed by atoms with Crippen molar-refractivity contribution in [2.45, 2.75) is 32.2 Å². The molecule has 0 aromatic heterocycles. The van der Waals surface area contributed by atoms with E-state index in [9.17, 15) is 22.8 Å². The maximum absolute atomic E-state index is 13.0. The van der Waals surface area contributed by atoms with Gasteiger partial charge >= 0.3 is 6.18 Å². The van der Waals surface area contributed by atoms with Crippen molar-refractivity contribution in [3.63, 3.8) is 0 Å². The van der Waals surface area contributed by atoms with Crippen LogP contribution in [0.15, 0.2) is 48.5 Å². The van der Waals surface area contributed by atoms with E-state index >= 15 is 0 Å². The van der Waals surface area contributed by atoms with Crippen LogP contribution in [0.25, 0.3) is 0 Å². The third-order valence-corrected chi connectivity index (χ3v) is 6.70. The van der Waals surface area contributed by atoms with Gasteiger partial charge in [-0.1, -0.05) is 36.4 Å². The Labute approximate surface area is 203 Å². The van der Waals surface area contributed by atoms with Gasteiger partial charge in [0, 0.05) is 58.8 Å². The lowest BCUT2D eigenvalue weighted by atomic mass is 10.1. The Bertz CT molecular complexity index is 1030. The maximum Gasteiger partial charge on any atom is 0.416 e. The smallest absolute Gasteiger partial charge is 0.352 e. The lowest BCUT2D eigenvalue weighted by molar-refractivity contribution is -0.137. The van der Waals surface area contributed by atoms with Gasteiger partial charge in [-0.15, -0.1) is 0 Å². The molecule has 1 N–H and O–H groups in total. The summed E-state index contributed by atoms with van der Waals surface area (Å²) in [4.78, 5) is 31.2. The van der Waals surface area contributed by atoms with Gasteiger partial charge in [0.15, 0.2) is 0 Å². The summed E-state index contributed by atoms with van der Waals surface area (Å²) in [5.41, 5.74) is 1.86. The van der Waals surface area contributed by atoms with Gasteiger partial charge in [0.05, 0.1) is 11.5 Å². The number of rotatable bonds is 7. The molecule has 0 bridgehead atoms. The number of alkyl halides is 3. The van der Waals surface area contributed by atoms with E-state index < -0.39 is 17.7 Å². The van der Waals surface area contributed by atoms with E-state index in [4.69, 9.17) is 0 Å². The fourth-order valence-corrected chi connectivity index (χ4v) is 4.53. The number of carbonyl (C=O) groups is 2. The topological polar surface area (TPSA) is 55.9 Å². The lowest BCUT2D eigenvalue weighted by Gasteiger charge is -2.32. The molecule has 4 rings (SSSR count). The number of nitrogens with zero attached hydrogens (tertiary/aromatic N) is 3. The van der Waals surface area contributed by atoms with Gasteiger partial charge in [-0.05, 0) is 35.9 Å². The molecule has 2 heterocycles. The van der Waals surface area contributed by atoms with Crippen LogP contribution >= 0.6 is 0 Å². The maximum atomic E-state index is 13.0. The highest BCUT2D eigenvalue weighted by molar-refractivity contribution is 5.89. The number of amides is 2. The van der Waals surface area contributed by atoms with E-state index in [1.807, 2.05) is 12.1 Å². The molecule has 2 aliphatic rings. The molecule has 1 unspecified atom stereocenters. The van der Waals surface area contributed by atoms with Gasteiger partial charge in [0.25, 0.3) is 0 Å². The first kappa shape index (κ1) is 25.2. The van der Waals surface area contributed by atoms with Crippen LogP contribution in [-0.2, 0) is 35.4 Å². The Hall–Kier alpha value is -2.91. The summed E-state index contributed by atoms with van der Waals surface area (Å²) >= 11 is 0. The monoisotopic (exact) mass is 488 g/mol. The Morgan fingerprint density at radius 3 is 2.34 bits per heavy atom. The van der Waals surface area contributed by atoms with Gasteiger partial charge in [-0.3, -0.25) is 14.5 Å². The van der Waals surface area contributed by atoms with Gasteiger partial charge < -0.3 is 15.1 Å². The summed E-state index contributed by atoms with van der Waals surface area (Å²) in [5.74, 6) is -0.952. The molecule has 2 amide bonds. The van der Waals surface area contributed by atoms with Crippen LogP contribution in [0.1, 0.15) is 28.7 Å². The van der Waals surface area contributed by atoms with Gasteiger partial charge in [0.2, 0.25) is 11.8 Å². The Balaban J connectivity index is 1.25. The summed E-state index contributed by atoms with van der Waals surface area (Å²) in [6, 6.07) is 13.1. The fraction of sp³-hybridized carbons (Fsp3) is 0.462. The Kier molecular flexibility index (Phi) is 7.76. The summed E-state index contributed by atoms with van der Waals surface area (Å²) in [7, 11) is 2.13. The predicted octanol–water partition coefficient (Wildman–Crippen LogP) is 3.12. The van der Waals surface area contributed by atoms with Gasteiger partial charge in [0.1, 0.15) is 0 Å². The van der Waals surface area contributed by atoms with Crippen LogP contribution in [0, 0.1) is 5.92 Å². The molecule has 35 heavy (non-hydrogen) atoms. The number of nitrogens with one attached hydrogen (secondary N) is 1. The summed E-state index contributed by atoms with van der Waals surface area (Å²) in [5, 5.41) is 2.90. The standard InChI is InChI=1S/C26H31F3N4O2/c1-31-9-11-32(12-10-31)16-20-7-5-19(6-8-20)15-30-25(35)22-14-24(34)33(18-22)17-21-3-2-4-23(13-21)26(27,28)29/h2-8,13,22H,9-12,14-18H2,1H3,(H,30,35). The molecule has 6 nitrogen and oxygen atoms in total. The summed E-state index contributed by atoms with van der Waals surface area (Å²) < 4.78 is 38.9. The Morgan fingerprint density at radius 1 is 0.971 bits per heavy atom. The SMILES string of the molecule is CN1CCN(Cc2ccc(CNC(=O)C3CC(=O)N(Cc4cccc(C(F)(F)F)c4)C3)cc2)CC1. The second-order valence-electron chi connectivity index (χ2n) is 9.49. The lowest BCUT2D eigenvalue weighted by Crippen LogP contribution is -2.43. The number of halogens is 3. The first-order valence-electron chi connectivity index (χ1n) is 11.9. The molecule has 2 aromatic rings. The number of likely N-dealkylation sites (N-methyl/N-ethyl adjacent to an activating group) is 1. The molecule has 2 aromatic carbocycles. The molecule has 2 saturated heterocycles. The van der Waals surface area contributed by atoms with Crippen molar-refractivity contribution in [2.75, 3.05) is 39.8 Å². The quantitative estimate of drug-likeness (QED) is 0.651. The van der Waals surface area contributed by atoms with Crippen LogP contribution in [0.2, 0.25) is 0 Å². The van der Waals surface area contributed by atoms with Crippen molar-refractivity contribution in [2.24, 2.45) is 5.92 Å². The first-order chi connectivity index (χ1) is 16.7. The van der Waals surface area contributed by atoms with Crippen LogP contribution in [0.4, 0.5) is 13.2 Å². The molecular weight excluding hydrogens is 457 g/mol. The number of likely N-dealkylation sites (tertiary alicyclic amines) is 1. The second-order valence-corrected chi connectivity index (χ2v) is 9.49. The Morgan fingerprint density at radius 2 is 1.66 bits per heavy atom. The van der Waals surface area contributed by atoms with Crippen molar-refractivity contribution < 1.29 is 22.8 Å². The summed E-state index contributed by atoms with van der Waals surface area (Å²) in [6.07, 6.45) is -4.37. The van der Waals surface area contributed by atoms with E-state index in [2.05, 4.69) is 34.3 Å². The fourth-order valence-electron chi connectivity index (χ4n) is 4.53. The third kappa shape index (κ3) is 6.82. The van der Waals surface area contributed by atoms with Crippen LogP contribution < -0.4 is 5.32 Å². The molecule has 2 fully saturated rings. The minimum absolute atomic E-state index is 0.0568. The van der Waals surface area contributed by atoms with Gasteiger partial charge in [-0.2, -0.15) is 13.2 Å². The highest BCUT2D eigenvalue weighted by Crippen LogP contribution is 2.30. The average molecular weight is 489 g/mol. The molecule has 1 atom stereocenters. The molecule has 0 saturated carbocycles. The van der Waals surface area contributed by atoms with Crippen molar-refractivity contribution in [1.82, 2.24) is 20.0 Å². The number of benzene rings is 2. The van der Waals surface area contributed by atoms with Gasteiger partial charge in [-0.25, -0.2) is 0 Å². The molecule has 9 heteroatoms. The molecule has 188 valence electrons. The normalized spacial score (nSPS) is 19.8. The van der Waals surface area contributed by atoms with E-state index in [0.717, 1.165) is 50.4 Å². The number of piperazine rings is 1. The van der Waals surface area contributed by atoms with Crippen LogP contribution in [0.3, 0.4) is 0 Å². The third-order valence-electron chi connectivity index (χ3n) is 6.70. The van der Waals surface area contributed by atoms with Crippen LogP contribution in [0.5, 0.6) is 0 Å².